The van der Waals surface area contributed by atoms with E-state index in [4.69, 9.17) is 0 Å². The average Bonchev–Trinajstić information content (AvgIpc) is 3.01. The highest BCUT2D eigenvalue weighted by Crippen LogP contribution is 2.47. The summed E-state index contributed by atoms with van der Waals surface area (Å²) in [6.45, 7) is 3.72. The number of amides is 1. The molecule has 0 radical (unpaired) electrons. The average molecular weight is 462 g/mol. The smallest absolute Gasteiger partial charge is 0.227 e. The monoisotopic (exact) mass is 461 g/mol. The number of aliphatic hydroxyl groups is 2. The molecule has 2 aliphatic rings. The van der Waals surface area contributed by atoms with Crippen LogP contribution in [0.15, 0.2) is 30.3 Å². The van der Waals surface area contributed by atoms with Crippen LogP contribution in [-0.4, -0.2) is 38.5 Å². The molecule has 1 saturated heterocycles. The Bertz CT molecular complexity index is 762. The van der Waals surface area contributed by atoms with Crippen LogP contribution in [0.4, 0.5) is 0 Å². The summed E-state index contributed by atoms with van der Waals surface area (Å²) in [7, 11) is 0. The Morgan fingerprint density at radius 2 is 1.84 bits per heavy atom. The third-order valence-electron chi connectivity index (χ3n) is 7.53. The summed E-state index contributed by atoms with van der Waals surface area (Å²) in [6, 6.07) is 9.67. The molecule has 0 unspecified atom stereocenters. The van der Waals surface area contributed by atoms with Gasteiger partial charge in [-0.3, -0.25) is 9.59 Å². The molecule has 1 aromatic carbocycles. The summed E-state index contributed by atoms with van der Waals surface area (Å²) in [5.41, 5.74) is -2.33. The zero-order valence-corrected chi connectivity index (χ0v) is 20.3. The lowest BCUT2D eigenvalue weighted by Gasteiger charge is -2.46. The lowest BCUT2D eigenvalue weighted by Crippen LogP contribution is -2.69. The maximum absolute atomic E-state index is 13.7. The Kier molecular flexibility index (Phi) is 8.82. The third kappa shape index (κ3) is 5.07. The Labute approximate surface area is 196 Å². The lowest BCUT2D eigenvalue weighted by molar-refractivity contribution is -0.145. The maximum atomic E-state index is 13.7. The molecule has 3 rings (SSSR count). The first-order valence-electron chi connectivity index (χ1n) is 12.3. The quantitative estimate of drug-likeness (QED) is 0.444. The van der Waals surface area contributed by atoms with Crippen molar-refractivity contribution in [1.29, 1.82) is 0 Å². The van der Waals surface area contributed by atoms with E-state index in [2.05, 4.69) is 12.2 Å². The molecule has 0 spiro atoms. The SMILES string of the molecule is CCCCCC[C@H]1C(=O)N[C@](C(=O)SCc2ccccc2)([C@@H](O)C2CCCCC2)[C@@]1(C)O. The standard InChI is InChI=1S/C26H39NO4S/c1-3-4-5-12-17-21-23(29)27-26(25(21,2)31,22(28)20-15-10-7-11-16-20)24(30)32-18-19-13-8-6-9-14-19/h6,8-9,13-14,20-22,28,31H,3-5,7,10-12,15-18H2,1-2H3,(H,27,29)/t21-,22-,25-,26-/m0/s1. The molecule has 178 valence electrons. The number of aliphatic hydroxyl groups excluding tert-OH is 1. The molecule has 1 saturated carbocycles. The molecule has 1 aliphatic heterocycles. The van der Waals surface area contributed by atoms with E-state index >= 15 is 0 Å². The van der Waals surface area contributed by atoms with Crippen LogP contribution in [0.1, 0.15) is 83.6 Å². The first kappa shape index (κ1) is 25.3. The normalized spacial score (nSPS) is 29.6. The third-order valence-corrected chi connectivity index (χ3v) is 8.60. The summed E-state index contributed by atoms with van der Waals surface area (Å²) in [4.78, 5) is 26.8. The van der Waals surface area contributed by atoms with Gasteiger partial charge in [-0.2, -0.15) is 0 Å². The molecule has 32 heavy (non-hydrogen) atoms. The molecular formula is C26H39NO4S. The summed E-state index contributed by atoms with van der Waals surface area (Å²) >= 11 is 1.08. The molecular weight excluding hydrogens is 422 g/mol. The van der Waals surface area contributed by atoms with Gasteiger partial charge in [-0.25, -0.2) is 0 Å². The van der Waals surface area contributed by atoms with Gasteiger partial charge in [0.2, 0.25) is 11.0 Å². The Morgan fingerprint density at radius 1 is 1.16 bits per heavy atom. The number of benzene rings is 1. The highest BCUT2D eigenvalue weighted by molar-refractivity contribution is 8.13. The highest BCUT2D eigenvalue weighted by Gasteiger charge is 2.68. The van der Waals surface area contributed by atoms with Crippen LogP contribution in [0.3, 0.4) is 0 Å². The first-order valence-corrected chi connectivity index (χ1v) is 13.3. The molecule has 1 aromatic rings. The van der Waals surface area contributed by atoms with Crippen LogP contribution < -0.4 is 5.32 Å². The number of carbonyl (C=O) groups is 2. The molecule has 1 aliphatic carbocycles. The van der Waals surface area contributed by atoms with E-state index < -0.39 is 23.2 Å². The molecule has 6 heteroatoms. The van der Waals surface area contributed by atoms with Gasteiger partial charge in [0.05, 0.1) is 12.0 Å². The van der Waals surface area contributed by atoms with Gasteiger partial charge >= 0.3 is 0 Å². The second-order valence-corrected chi connectivity index (χ2v) is 10.7. The van der Waals surface area contributed by atoms with Crippen molar-refractivity contribution >= 4 is 22.8 Å². The topological polar surface area (TPSA) is 86.6 Å². The van der Waals surface area contributed by atoms with Crippen molar-refractivity contribution in [2.45, 2.75) is 101 Å². The number of hydrogen-bond donors (Lipinski definition) is 3. The minimum Gasteiger partial charge on any atom is -0.390 e. The second-order valence-electron chi connectivity index (χ2n) is 9.75. The molecule has 1 amide bonds. The summed E-state index contributed by atoms with van der Waals surface area (Å²) in [5, 5.41) is 25.9. The highest BCUT2D eigenvalue weighted by atomic mass is 32.2. The summed E-state index contributed by atoms with van der Waals surface area (Å²) < 4.78 is 0. The van der Waals surface area contributed by atoms with Crippen molar-refractivity contribution in [2.75, 3.05) is 0 Å². The minimum atomic E-state index is -1.68. The predicted molar refractivity (Wildman–Crippen MR) is 129 cm³/mol. The van der Waals surface area contributed by atoms with Crippen molar-refractivity contribution in [3.8, 4) is 0 Å². The van der Waals surface area contributed by atoms with Gasteiger partial charge in [0, 0.05) is 5.75 Å². The van der Waals surface area contributed by atoms with Gasteiger partial charge in [0.15, 0.2) is 5.54 Å². The molecule has 4 atom stereocenters. The fraction of sp³-hybridized carbons (Fsp3) is 0.692. The molecule has 1 heterocycles. The van der Waals surface area contributed by atoms with Crippen LogP contribution in [-0.2, 0) is 15.3 Å². The van der Waals surface area contributed by atoms with E-state index in [0.29, 0.717) is 12.2 Å². The van der Waals surface area contributed by atoms with Gasteiger partial charge in [-0.05, 0) is 37.7 Å². The molecule has 3 N–H and O–H groups in total. The van der Waals surface area contributed by atoms with Gasteiger partial charge < -0.3 is 15.5 Å². The molecule has 5 nitrogen and oxygen atoms in total. The first-order chi connectivity index (χ1) is 15.3. The van der Waals surface area contributed by atoms with E-state index in [-0.39, 0.29) is 16.9 Å². The van der Waals surface area contributed by atoms with Crippen LogP contribution >= 0.6 is 11.8 Å². The van der Waals surface area contributed by atoms with Crippen molar-refractivity contribution in [3.05, 3.63) is 35.9 Å². The van der Waals surface area contributed by atoms with E-state index in [1.165, 1.54) is 0 Å². The fourth-order valence-corrected chi connectivity index (χ4v) is 6.61. The number of unbranched alkanes of at least 4 members (excludes halogenated alkanes) is 3. The van der Waals surface area contributed by atoms with Crippen LogP contribution in [0.2, 0.25) is 0 Å². The Balaban J connectivity index is 1.87. The van der Waals surface area contributed by atoms with Gasteiger partial charge in [-0.1, -0.05) is 94.0 Å². The Hall–Kier alpha value is -1.37. The van der Waals surface area contributed by atoms with Crippen LogP contribution in [0, 0.1) is 11.8 Å². The number of carbonyl (C=O) groups excluding carboxylic acids is 2. The fourth-order valence-electron chi connectivity index (χ4n) is 5.52. The molecule has 2 fully saturated rings. The predicted octanol–water partition coefficient (Wildman–Crippen LogP) is 4.59. The van der Waals surface area contributed by atoms with Crippen molar-refractivity contribution in [2.24, 2.45) is 11.8 Å². The van der Waals surface area contributed by atoms with Crippen molar-refractivity contribution < 1.29 is 19.8 Å². The maximum Gasteiger partial charge on any atom is 0.227 e. The zero-order chi connectivity index (χ0) is 23.2. The number of hydrogen-bond acceptors (Lipinski definition) is 5. The molecule has 0 bridgehead atoms. The van der Waals surface area contributed by atoms with Crippen LogP contribution in [0.25, 0.3) is 0 Å². The number of nitrogens with one attached hydrogen (secondary N) is 1. The number of rotatable bonds is 10. The van der Waals surface area contributed by atoms with Gasteiger partial charge in [0.1, 0.15) is 5.60 Å². The largest absolute Gasteiger partial charge is 0.390 e. The zero-order valence-electron chi connectivity index (χ0n) is 19.5. The lowest BCUT2D eigenvalue weighted by atomic mass is 9.67. The number of thioether (sulfide) groups is 1. The summed E-state index contributed by atoms with van der Waals surface area (Å²) in [5.74, 6) is -0.670. The van der Waals surface area contributed by atoms with Gasteiger partial charge in [0.25, 0.3) is 0 Å². The van der Waals surface area contributed by atoms with Crippen molar-refractivity contribution in [3.63, 3.8) is 0 Å². The second kappa shape index (κ2) is 11.2. The van der Waals surface area contributed by atoms with E-state index in [0.717, 1.165) is 75.1 Å². The van der Waals surface area contributed by atoms with E-state index in [1.807, 2.05) is 30.3 Å². The van der Waals surface area contributed by atoms with Crippen LogP contribution in [0.5, 0.6) is 0 Å². The van der Waals surface area contributed by atoms with Crippen molar-refractivity contribution in [1.82, 2.24) is 5.32 Å². The Morgan fingerprint density at radius 3 is 2.50 bits per heavy atom. The summed E-state index contributed by atoms with van der Waals surface area (Å²) in [6.07, 6.45) is 8.15. The van der Waals surface area contributed by atoms with Gasteiger partial charge in [-0.15, -0.1) is 0 Å². The van der Waals surface area contributed by atoms with E-state index in [1.54, 1.807) is 6.92 Å². The minimum absolute atomic E-state index is 0.101. The molecule has 0 aromatic heterocycles. The van der Waals surface area contributed by atoms with E-state index in [9.17, 15) is 19.8 Å².